The van der Waals surface area contributed by atoms with Crippen LogP contribution < -0.4 is 5.11 Å². The molecule has 0 aromatic carbocycles. The summed E-state index contributed by atoms with van der Waals surface area (Å²) in [5, 5.41) is 11.6. The summed E-state index contributed by atoms with van der Waals surface area (Å²) in [5.41, 5.74) is 0. The highest BCUT2D eigenvalue weighted by Gasteiger charge is 2.25. The van der Waals surface area contributed by atoms with Crippen LogP contribution in [0.3, 0.4) is 0 Å². The Morgan fingerprint density at radius 3 is 1.66 bits per heavy atom. The molecule has 0 aliphatic rings. The number of unbranched alkanes of at least 4 members (excludes halogenated alkanes) is 15. The number of likely N-dealkylation sites (N-methyl/N-ethyl adjacent to an activating group) is 1. The van der Waals surface area contributed by atoms with Gasteiger partial charge in [-0.25, -0.2) is 0 Å². The Bertz CT molecular complexity index is 922. The van der Waals surface area contributed by atoms with Crippen molar-refractivity contribution in [2.75, 3.05) is 41.0 Å². The number of esters is 2. The standard InChI is InChI=1S/C42H75NO7/c1-6-8-10-12-14-16-18-20-22-24-26-28-30-32-40(44)49-37-38(36-48-35-34-39(42(46)47)43(3,4)5)50-41(45)33-31-29-27-25-23-21-19-17-15-13-11-9-7-2/h9,11,15,17,21,23,38-39H,6-8,10,12-14,16,18-20,22,24-37H2,1-5H3/b11-9-,17-15-,23-21-. The van der Waals surface area contributed by atoms with Crippen molar-refractivity contribution in [3.05, 3.63) is 36.5 Å². The SMILES string of the molecule is CC/C=C\C/C=C\C/C=C\CCCCCC(=O)OC(COCCC(C(=O)[O-])[N+](C)(C)C)COC(=O)CCCCCCCCCCCCCCC. The Balaban J connectivity index is 4.44. The van der Waals surface area contributed by atoms with Crippen molar-refractivity contribution in [3.63, 3.8) is 0 Å². The van der Waals surface area contributed by atoms with Gasteiger partial charge in [0.2, 0.25) is 0 Å². The van der Waals surface area contributed by atoms with Crippen LogP contribution in [0.2, 0.25) is 0 Å². The molecule has 0 spiro atoms. The fourth-order valence-corrected chi connectivity index (χ4v) is 5.67. The molecular formula is C42H75NO7. The Morgan fingerprint density at radius 1 is 0.620 bits per heavy atom. The summed E-state index contributed by atoms with van der Waals surface area (Å²) in [4.78, 5) is 36.7. The van der Waals surface area contributed by atoms with Gasteiger partial charge in [-0.15, -0.1) is 0 Å². The van der Waals surface area contributed by atoms with Crippen molar-refractivity contribution >= 4 is 17.9 Å². The van der Waals surface area contributed by atoms with E-state index in [1.807, 2.05) is 0 Å². The number of allylic oxidation sites excluding steroid dienone is 6. The Kier molecular flexibility index (Phi) is 32.0. The van der Waals surface area contributed by atoms with Crippen LogP contribution in [0.25, 0.3) is 0 Å². The van der Waals surface area contributed by atoms with E-state index in [1.54, 1.807) is 21.1 Å². The Hall–Kier alpha value is -2.45. The highest BCUT2D eigenvalue weighted by atomic mass is 16.6. The third kappa shape index (κ3) is 31.5. The number of carboxylic acid groups (broad SMARTS) is 1. The maximum Gasteiger partial charge on any atom is 0.306 e. The molecule has 50 heavy (non-hydrogen) atoms. The van der Waals surface area contributed by atoms with Crippen LogP contribution in [0.1, 0.15) is 162 Å². The number of hydrogen-bond acceptors (Lipinski definition) is 7. The number of hydrogen-bond donors (Lipinski definition) is 0. The summed E-state index contributed by atoms with van der Waals surface area (Å²) in [5.74, 6) is -1.77. The van der Waals surface area contributed by atoms with Crippen LogP contribution in [0.5, 0.6) is 0 Å². The fourth-order valence-electron chi connectivity index (χ4n) is 5.67. The third-order valence-electron chi connectivity index (χ3n) is 8.79. The van der Waals surface area contributed by atoms with Gasteiger partial charge in [0.1, 0.15) is 12.6 Å². The molecule has 8 heteroatoms. The zero-order valence-electron chi connectivity index (χ0n) is 32.8. The lowest BCUT2D eigenvalue weighted by Crippen LogP contribution is -2.55. The first kappa shape index (κ1) is 47.5. The molecule has 8 nitrogen and oxygen atoms in total. The molecule has 0 aliphatic carbocycles. The summed E-state index contributed by atoms with van der Waals surface area (Å²) in [7, 11) is 5.39. The number of quaternary nitrogens is 1. The predicted octanol–water partition coefficient (Wildman–Crippen LogP) is 8.96. The van der Waals surface area contributed by atoms with Gasteiger partial charge in [-0.05, 0) is 44.9 Å². The van der Waals surface area contributed by atoms with Gasteiger partial charge in [0.25, 0.3) is 0 Å². The molecule has 0 fully saturated rings. The summed E-state index contributed by atoms with van der Waals surface area (Å²) in [6, 6.07) is -0.728. The molecule has 290 valence electrons. The molecule has 0 aromatic heterocycles. The van der Waals surface area contributed by atoms with Crippen molar-refractivity contribution < 1.29 is 38.2 Å². The minimum Gasteiger partial charge on any atom is -0.544 e. The van der Waals surface area contributed by atoms with Gasteiger partial charge < -0.3 is 28.6 Å². The average molecular weight is 706 g/mol. The lowest BCUT2D eigenvalue weighted by molar-refractivity contribution is -0.889. The number of nitrogens with zero attached hydrogens (tertiary/aromatic N) is 1. The van der Waals surface area contributed by atoms with Crippen molar-refractivity contribution in [2.45, 2.75) is 174 Å². The molecule has 0 radical (unpaired) electrons. The topological polar surface area (TPSA) is 102 Å². The Morgan fingerprint density at radius 2 is 1.12 bits per heavy atom. The molecule has 0 saturated heterocycles. The van der Waals surface area contributed by atoms with Crippen molar-refractivity contribution in [3.8, 4) is 0 Å². The van der Waals surface area contributed by atoms with Gasteiger partial charge in [-0.2, -0.15) is 0 Å². The maximum atomic E-state index is 12.6. The smallest absolute Gasteiger partial charge is 0.306 e. The second kappa shape index (κ2) is 33.7. The summed E-state index contributed by atoms with van der Waals surface area (Å²) in [6.07, 6.45) is 35.9. The quantitative estimate of drug-likeness (QED) is 0.0281. The number of carbonyl (C=O) groups excluding carboxylic acids is 3. The number of rotatable bonds is 35. The van der Waals surface area contributed by atoms with E-state index in [1.165, 1.54) is 64.2 Å². The van der Waals surface area contributed by atoms with Gasteiger partial charge >= 0.3 is 11.9 Å². The van der Waals surface area contributed by atoms with Crippen LogP contribution in [-0.4, -0.2) is 75.5 Å². The minimum atomic E-state index is -1.13. The summed E-state index contributed by atoms with van der Waals surface area (Å²) >= 11 is 0. The maximum absolute atomic E-state index is 12.6. The van der Waals surface area contributed by atoms with E-state index in [0.717, 1.165) is 64.2 Å². The number of ether oxygens (including phenoxy) is 3. The second-order valence-corrected chi connectivity index (χ2v) is 14.5. The van der Waals surface area contributed by atoms with E-state index in [9.17, 15) is 19.5 Å². The van der Waals surface area contributed by atoms with Crippen molar-refractivity contribution in [1.29, 1.82) is 0 Å². The first-order valence-corrected chi connectivity index (χ1v) is 20.0. The lowest BCUT2D eigenvalue weighted by Gasteiger charge is -2.34. The fraction of sp³-hybridized carbons (Fsp3) is 0.786. The molecule has 0 aliphatic heterocycles. The molecule has 0 aromatic rings. The molecular weight excluding hydrogens is 630 g/mol. The molecule has 0 bridgehead atoms. The largest absolute Gasteiger partial charge is 0.544 e. The van der Waals surface area contributed by atoms with Crippen LogP contribution in [0.4, 0.5) is 0 Å². The molecule has 0 rings (SSSR count). The minimum absolute atomic E-state index is 0.0306. The van der Waals surface area contributed by atoms with E-state index in [2.05, 4.69) is 50.3 Å². The molecule has 2 unspecified atom stereocenters. The van der Waals surface area contributed by atoms with Crippen LogP contribution in [0, 0.1) is 0 Å². The van der Waals surface area contributed by atoms with E-state index in [-0.39, 0.29) is 49.1 Å². The number of carbonyl (C=O) groups is 3. The molecule has 0 saturated carbocycles. The van der Waals surface area contributed by atoms with E-state index >= 15 is 0 Å². The zero-order valence-corrected chi connectivity index (χ0v) is 32.8. The zero-order chi connectivity index (χ0) is 37.1. The highest BCUT2D eigenvalue weighted by Crippen LogP contribution is 2.14. The van der Waals surface area contributed by atoms with Gasteiger partial charge in [0.05, 0.1) is 40.3 Å². The van der Waals surface area contributed by atoms with Gasteiger partial charge in [-0.1, -0.05) is 134 Å². The predicted molar refractivity (Wildman–Crippen MR) is 203 cm³/mol. The van der Waals surface area contributed by atoms with Crippen LogP contribution in [-0.2, 0) is 28.6 Å². The second-order valence-electron chi connectivity index (χ2n) is 14.5. The monoisotopic (exact) mass is 706 g/mol. The van der Waals surface area contributed by atoms with Crippen LogP contribution >= 0.6 is 0 Å². The van der Waals surface area contributed by atoms with Gasteiger partial charge in [0, 0.05) is 19.3 Å². The normalized spacial score (nSPS) is 13.4. The van der Waals surface area contributed by atoms with Gasteiger partial charge in [0.15, 0.2) is 6.10 Å². The molecule has 0 heterocycles. The third-order valence-corrected chi connectivity index (χ3v) is 8.79. The van der Waals surface area contributed by atoms with E-state index in [4.69, 9.17) is 14.2 Å². The van der Waals surface area contributed by atoms with Gasteiger partial charge in [-0.3, -0.25) is 9.59 Å². The van der Waals surface area contributed by atoms with Crippen molar-refractivity contribution in [1.82, 2.24) is 0 Å². The highest BCUT2D eigenvalue weighted by molar-refractivity contribution is 5.70. The molecule has 2 atom stereocenters. The lowest BCUT2D eigenvalue weighted by atomic mass is 10.0. The number of carboxylic acids is 1. The van der Waals surface area contributed by atoms with E-state index in [0.29, 0.717) is 6.42 Å². The molecule has 0 N–H and O–H groups in total. The summed E-state index contributed by atoms with van der Waals surface area (Å²) in [6.45, 7) is 4.50. The number of aliphatic carboxylic acids is 1. The first-order chi connectivity index (χ1) is 24.1. The summed E-state index contributed by atoms with van der Waals surface area (Å²) < 4.78 is 17.1. The van der Waals surface area contributed by atoms with E-state index < -0.39 is 18.1 Å². The van der Waals surface area contributed by atoms with Crippen LogP contribution in [0.15, 0.2) is 36.5 Å². The molecule has 0 amide bonds. The van der Waals surface area contributed by atoms with Crippen molar-refractivity contribution in [2.24, 2.45) is 0 Å². The average Bonchev–Trinajstić information content (AvgIpc) is 3.06. The Labute approximate surface area is 306 Å². The first-order valence-electron chi connectivity index (χ1n) is 20.0.